The molecule has 0 spiro atoms. The predicted octanol–water partition coefficient (Wildman–Crippen LogP) is 3.58. The normalized spacial score (nSPS) is 16.9. The molecule has 1 aliphatic carbocycles. The van der Waals surface area contributed by atoms with Gasteiger partial charge in [0.1, 0.15) is 5.69 Å². The number of benzene rings is 1. The van der Waals surface area contributed by atoms with Gasteiger partial charge in [-0.15, -0.1) is 0 Å². The van der Waals surface area contributed by atoms with Crippen molar-refractivity contribution in [1.82, 2.24) is 0 Å². The zero-order chi connectivity index (χ0) is 16.4. The number of alkyl halides is 3. The highest BCUT2D eigenvalue weighted by Gasteiger charge is 2.37. The summed E-state index contributed by atoms with van der Waals surface area (Å²) < 4.78 is 37.9. The van der Waals surface area contributed by atoms with Gasteiger partial charge in [-0.25, -0.2) is 0 Å². The third-order valence-electron chi connectivity index (χ3n) is 4.23. The molecule has 0 saturated heterocycles. The van der Waals surface area contributed by atoms with Crippen LogP contribution >= 0.6 is 0 Å². The van der Waals surface area contributed by atoms with Gasteiger partial charge in [-0.05, 0) is 36.8 Å². The van der Waals surface area contributed by atoms with E-state index in [0.29, 0.717) is 19.0 Å². The molecule has 1 aromatic rings. The lowest BCUT2D eigenvalue weighted by atomic mass is 9.67. The monoisotopic (exact) mass is 318 g/mol. The largest absolute Gasteiger partial charge is 0.416 e. The van der Waals surface area contributed by atoms with E-state index in [1.807, 2.05) is 0 Å². The van der Waals surface area contributed by atoms with Gasteiger partial charge in [0.05, 0.1) is 10.5 Å². The van der Waals surface area contributed by atoms with Gasteiger partial charge in [0, 0.05) is 19.2 Å². The minimum atomic E-state index is -4.62. The Bertz CT molecular complexity index is 557. The smallest absolute Gasteiger partial charge is 0.396 e. The number of hydrogen-bond acceptors (Lipinski definition) is 4. The van der Waals surface area contributed by atoms with Crippen LogP contribution in [0.1, 0.15) is 31.2 Å². The Labute approximate surface area is 125 Å². The second kappa shape index (κ2) is 6.12. The number of nitrogens with one attached hydrogen (secondary N) is 1. The predicted molar refractivity (Wildman–Crippen MR) is 74.6 cm³/mol. The number of halogens is 3. The molecule has 0 unspecified atom stereocenters. The highest BCUT2D eigenvalue weighted by atomic mass is 19.4. The lowest BCUT2D eigenvalue weighted by Crippen LogP contribution is -2.37. The van der Waals surface area contributed by atoms with Crippen molar-refractivity contribution in [2.75, 3.05) is 18.5 Å². The number of nitrogens with zero attached hydrogens (tertiary/aromatic N) is 1. The Kier molecular flexibility index (Phi) is 4.60. The summed E-state index contributed by atoms with van der Waals surface area (Å²) in [5.41, 5.74) is -1.68. The number of aliphatic hydroxyl groups is 1. The Morgan fingerprint density at radius 1 is 1.36 bits per heavy atom. The van der Waals surface area contributed by atoms with Crippen molar-refractivity contribution < 1.29 is 23.2 Å². The standard InChI is InChI=1S/C14H17F3N2O3/c15-14(16,17)10-2-3-11(12(8-10)19(21)22)18-9-13(6-7-20)4-1-5-13/h2-3,8,18,20H,1,4-7,9H2. The Morgan fingerprint density at radius 3 is 2.50 bits per heavy atom. The minimum Gasteiger partial charge on any atom is -0.396 e. The van der Waals surface area contributed by atoms with Crippen LogP contribution in [0.4, 0.5) is 24.5 Å². The Morgan fingerprint density at radius 2 is 2.05 bits per heavy atom. The van der Waals surface area contributed by atoms with Crippen LogP contribution < -0.4 is 5.32 Å². The number of nitro benzene ring substituents is 1. The molecule has 0 bridgehead atoms. The second-order valence-corrected chi connectivity index (χ2v) is 5.67. The van der Waals surface area contributed by atoms with Crippen molar-refractivity contribution >= 4 is 11.4 Å². The number of nitro groups is 1. The van der Waals surface area contributed by atoms with Crippen LogP contribution in [-0.4, -0.2) is 23.2 Å². The van der Waals surface area contributed by atoms with Crippen molar-refractivity contribution in [2.24, 2.45) is 5.41 Å². The number of rotatable bonds is 6. The van der Waals surface area contributed by atoms with Crippen LogP contribution in [0.15, 0.2) is 18.2 Å². The molecule has 0 radical (unpaired) electrons. The molecule has 0 aromatic heterocycles. The molecule has 2 rings (SSSR count). The Hall–Kier alpha value is -1.83. The number of anilines is 1. The molecular weight excluding hydrogens is 301 g/mol. The van der Waals surface area contributed by atoms with Crippen molar-refractivity contribution in [3.8, 4) is 0 Å². The van der Waals surface area contributed by atoms with Crippen LogP contribution in [0.5, 0.6) is 0 Å². The van der Waals surface area contributed by atoms with Gasteiger partial charge in [0.2, 0.25) is 0 Å². The van der Waals surface area contributed by atoms with Crippen molar-refractivity contribution in [1.29, 1.82) is 0 Å². The summed E-state index contributed by atoms with van der Waals surface area (Å²) in [5, 5.41) is 22.9. The van der Waals surface area contributed by atoms with Gasteiger partial charge >= 0.3 is 6.18 Å². The lowest BCUT2D eigenvalue weighted by molar-refractivity contribution is -0.384. The van der Waals surface area contributed by atoms with Gasteiger partial charge in [0.15, 0.2) is 0 Å². The molecule has 0 amide bonds. The fraction of sp³-hybridized carbons (Fsp3) is 0.571. The quantitative estimate of drug-likeness (QED) is 0.621. The van der Waals surface area contributed by atoms with E-state index in [9.17, 15) is 23.3 Å². The summed E-state index contributed by atoms with van der Waals surface area (Å²) in [6, 6.07) is 2.46. The molecule has 5 nitrogen and oxygen atoms in total. The molecule has 1 saturated carbocycles. The topological polar surface area (TPSA) is 75.4 Å². The molecule has 8 heteroatoms. The van der Waals surface area contributed by atoms with E-state index in [-0.39, 0.29) is 17.7 Å². The maximum absolute atomic E-state index is 12.6. The van der Waals surface area contributed by atoms with Gasteiger partial charge in [-0.1, -0.05) is 6.42 Å². The van der Waals surface area contributed by atoms with E-state index in [0.717, 1.165) is 31.4 Å². The molecular formula is C14H17F3N2O3. The van der Waals surface area contributed by atoms with Crippen molar-refractivity contribution in [3.05, 3.63) is 33.9 Å². The third-order valence-corrected chi connectivity index (χ3v) is 4.23. The average Bonchev–Trinajstić information content (AvgIpc) is 2.40. The molecule has 22 heavy (non-hydrogen) atoms. The zero-order valence-electron chi connectivity index (χ0n) is 11.8. The van der Waals surface area contributed by atoms with Crippen molar-refractivity contribution in [3.63, 3.8) is 0 Å². The fourth-order valence-electron chi connectivity index (χ4n) is 2.72. The maximum Gasteiger partial charge on any atom is 0.416 e. The molecule has 0 heterocycles. The van der Waals surface area contributed by atoms with Crippen LogP contribution in [-0.2, 0) is 6.18 Å². The van der Waals surface area contributed by atoms with Crippen LogP contribution in [0.2, 0.25) is 0 Å². The summed E-state index contributed by atoms with van der Waals surface area (Å²) in [4.78, 5) is 10.2. The summed E-state index contributed by atoms with van der Waals surface area (Å²) in [5.74, 6) is 0. The first-order valence-electron chi connectivity index (χ1n) is 6.98. The summed E-state index contributed by atoms with van der Waals surface area (Å²) in [7, 11) is 0. The highest BCUT2D eigenvalue weighted by molar-refractivity contribution is 5.63. The van der Waals surface area contributed by atoms with Gasteiger partial charge in [-0.3, -0.25) is 10.1 Å². The van der Waals surface area contributed by atoms with Crippen LogP contribution in [0.25, 0.3) is 0 Å². The molecule has 2 N–H and O–H groups in total. The van der Waals surface area contributed by atoms with Crippen LogP contribution in [0.3, 0.4) is 0 Å². The SMILES string of the molecule is O=[N+]([O-])c1cc(C(F)(F)F)ccc1NCC1(CCO)CCC1. The summed E-state index contributed by atoms with van der Waals surface area (Å²) in [6.07, 6.45) is -1.22. The number of aliphatic hydroxyl groups excluding tert-OH is 1. The van der Waals surface area contributed by atoms with E-state index in [1.54, 1.807) is 0 Å². The number of hydrogen-bond donors (Lipinski definition) is 2. The second-order valence-electron chi connectivity index (χ2n) is 5.67. The van der Waals surface area contributed by atoms with Gasteiger partial charge < -0.3 is 10.4 Å². The van der Waals surface area contributed by atoms with E-state index < -0.39 is 22.4 Å². The first kappa shape index (κ1) is 16.5. The Balaban J connectivity index is 2.18. The van der Waals surface area contributed by atoms with Gasteiger partial charge in [-0.2, -0.15) is 13.2 Å². The van der Waals surface area contributed by atoms with E-state index in [2.05, 4.69) is 5.32 Å². The molecule has 1 aromatic carbocycles. The molecule has 0 atom stereocenters. The van der Waals surface area contributed by atoms with E-state index >= 15 is 0 Å². The molecule has 122 valence electrons. The first-order valence-corrected chi connectivity index (χ1v) is 6.98. The van der Waals surface area contributed by atoms with Crippen molar-refractivity contribution in [2.45, 2.75) is 31.9 Å². The molecule has 1 fully saturated rings. The fourth-order valence-corrected chi connectivity index (χ4v) is 2.72. The summed E-state index contributed by atoms with van der Waals surface area (Å²) >= 11 is 0. The lowest BCUT2D eigenvalue weighted by Gasteiger charge is -2.42. The van der Waals surface area contributed by atoms with Gasteiger partial charge in [0.25, 0.3) is 5.69 Å². The third kappa shape index (κ3) is 3.49. The first-order chi connectivity index (χ1) is 10.3. The minimum absolute atomic E-state index is 0.0246. The van der Waals surface area contributed by atoms with E-state index in [1.165, 1.54) is 0 Å². The molecule has 0 aliphatic heterocycles. The average molecular weight is 318 g/mol. The van der Waals surface area contributed by atoms with E-state index in [4.69, 9.17) is 5.11 Å². The maximum atomic E-state index is 12.6. The van der Waals surface area contributed by atoms with Crippen LogP contribution in [0, 0.1) is 15.5 Å². The summed E-state index contributed by atoms with van der Waals surface area (Å²) in [6.45, 7) is 0.427. The zero-order valence-corrected chi connectivity index (χ0v) is 11.8. The molecule has 1 aliphatic rings. The highest BCUT2D eigenvalue weighted by Crippen LogP contribution is 2.44.